The van der Waals surface area contributed by atoms with Crippen LogP contribution in [0, 0.1) is 0 Å². The highest BCUT2D eigenvalue weighted by Crippen LogP contribution is 2.12. The summed E-state index contributed by atoms with van der Waals surface area (Å²) in [5.41, 5.74) is 1.16. The fourth-order valence-corrected chi connectivity index (χ4v) is 1.08. The van der Waals surface area contributed by atoms with Gasteiger partial charge in [-0.15, -0.1) is 12.6 Å². The first kappa shape index (κ1) is 9.79. The van der Waals surface area contributed by atoms with Crippen LogP contribution in [0.5, 0.6) is 0 Å². The lowest BCUT2D eigenvalue weighted by Gasteiger charge is -2.12. The first-order chi connectivity index (χ1) is 4.63. The van der Waals surface area contributed by atoms with Crippen LogP contribution in [0.4, 0.5) is 0 Å². The number of rotatable bonds is 3. The molecule has 0 heterocycles. The third kappa shape index (κ3) is 2.58. The lowest BCUT2D eigenvalue weighted by Crippen LogP contribution is -2.23. The molecule has 0 aliphatic rings. The Kier molecular flexibility index (Phi) is 4.49. The summed E-state index contributed by atoms with van der Waals surface area (Å²) in [4.78, 5) is 1.02. The smallest absolute Gasteiger partial charge is 0.0296 e. The minimum absolute atomic E-state index is 0.343. The van der Waals surface area contributed by atoms with Gasteiger partial charge in [-0.2, -0.15) is 0 Å². The van der Waals surface area contributed by atoms with Crippen molar-refractivity contribution in [1.82, 2.24) is 5.32 Å². The van der Waals surface area contributed by atoms with Gasteiger partial charge in [-0.1, -0.05) is 12.7 Å². The van der Waals surface area contributed by atoms with E-state index in [9.17, 15) is 0 Å². The number of hydrogen-bond acceptors (Lipinski definition) is 2. The highest BCUT2D eigenvalue weighted by molar-refractivity contribution is 7.84. The van der Waals surface area contributed by atoms with Crippen LogP contribution in [0.3, 0.4) is 0 Å². The lowest BCUT2D eigenvalue weighted by atomic mass is 10.1. The summed E-state index contributed by atoms with van der Waals surface area (Å²) < 4.78 is 0. The maximum absolute atomic E-state index is 4.23. The molecule has 1 atom stereocenters. The van der Waals surface area contributed by atoms with Crippen LogP contribution in [0.15, 0.2) is 23.1 Å². The molecule has 1 nitrogen and oxygen atoms in total. The Labute approximate surface area is 68.6 Å². The second-order valence-corrected chi connectivity index (χ2v) is 2.93. The van der Waals surface area contributed by atoms with Crippen molar-refractivity contribution >= 4 is 12.6 Å². The Morgan fingerprint density at radius 2 is 2.20 bits per heavy atom. The zero-order valence-electron chi connectivity index (χ0n) is 6.81. The van der Waals surface area contributed by atoms with Gasteiger partial charge in [-0.25, -0.2) is 0 Å². The summed E-state index contributed by atoms with van der Waals surface area (Å²) in [7, 11) is 1.92. The van der Waals surface area contributed by atoms with Gasteiger partial charge in [-0.05, 0) is 31.4 Å². The summed E-state index contributed by atoms with van der Waals surface area (Å²) in [5, 5.41) is 3.12. The van der Waals surface area contributed by atoms with Gasteiger partial charge < -0.3 is 5.32 Å². The van der Waals surface area contributed by atoms with E-state index in [2.05, 4.69) is 31.4 Å². The van der Waals surface area contributed by atoms with Crippen LogP contribution in [0.2, 0.25) is 0 Å². The molecule has 0 aliphatic carbocycles. The average molecular weight is 157 g/mol. The monoisotopic (exact) mass is 157 g/mol. The molecule has 0 aromatic heterocycles. The number of hydrogen-bond donors (Lipinski definition) is 2. The fraction of sp³-hybridized carbons (Fsp3) is 0.500. The van der Waals surface area contributed by atoms with Crippen molar-refractivity contribution in [2.45, 2.75) is 19.9 Å². The van der Waals surface area contributed by atoms with Crippen LogP contribution in [0.25, 0.3) is 0 Å². The molecule has 1 N–H and O–H groups in total. The molecule has 0 spiro atoms. The predicted octanol–water partition coefficient (Wildman–Crippen LogP) is 1.98. The summed E-state index contributed by atoms with van der Waals surface area (Å²) in [6.07, 6.45) is 1.84. The third-order valence-electron chi connectivity index (χ3n) is 1.54. The van der Waals surface area contributed by atoms with Crippen LogP contribution in [0.1, 0.15) is 13.8 Å². The van der Waals surface area contributed by atoms with Crippen molar-refractivity contribution in [1.29, 1.82) is 0 Å². The van der Waals surface area contributed by atoms with E-state index < -0.39 is 0 Å². The standard InChI is InChI=1S/C8H15NS/c1-5-8(7(3)10)6(2)9-4/h5-6,9-10H,1H2,2-4H3/b8-7+. The van der Waals surface area contributed by atoms with Crippen molar-refractivity contribution in [2.24, 2.45) is 0 Å². The van der Waals surface area contributed by atoms with Crippen molar-refractivity contribution < 1.29 is 0 Å². The molecule has 0 saturated carbocycles. The summed E-state index contributed by atoms with van der Waals surface area (Å²) in [5.74, 6) is 0. The molecule has 0 amide bonds. The second kappa shape index (κ2) is 4.58. The Hall–Kier alpha value is -0.210. The van der Waals surface area contributed by atoms with E-state index in [0.29, 0.717) is 6.04 Å². The Morgan fingerprint density at radius 1 is 1.70 bits per heavy atom. The topological polar surface area (TPSA) is 12.0 Å². The van der Waals surface area contributed by atoms with Crippen LogP contribution in [-0.2, 0) is 0 Å². The highest BCUT2D eigenvalue weighted by atomic mass is 32.1. The van der Waals surface area contributed by atoms with E-state index in [1.165, 1.54) is 0 Å². The molecule has 58 valence electrons. The number of thiol groups is 1. The molecule has 10 heavy (non-hydrogen) atoms. The molecule has 1 unspecified atom stereocenters. The molecule has 2 heteroatoms. The maximum atomic E-state index is 4.23. The van der Waals surface area contributed by atoms with Gasteiger partial charge in [0.25, 0.3) is 0 Å². The Bertz CT molecular complexity index is 145. The van der Waals surface area contributed by atoms with Crippen molar-refractivity contribution in [3.8, 4) is 0 Å². The number of likely N-dealkylation sites (N-methyl/N-ethyl adjacent to an activating group) is 1. The maximum Gasteiger partial charge on any atom is 0.0296 e. The van der Waals surface area contributed by atoms with Crippen LogP contribution < -0.4 is 5.32 Å². The van der Waals surface area contributed by atoms with Crippen molar-refractivity contribution in [3.05, 3.63) is 23.1 Å². The number of nitrogens with one attached hydrogen (secondary N) is 1. The van der Waals surface area contributed by atoms with Gasteiger partial charge in [0.15, 0.2) is 0 Å². The van der Waals surface area contributed by atoms with Crippen molar-refractivity contribution in [2.75, 3.05) is 7.05 Å². The lowest BCUT2D eigenvalue weighted by molar-refractivity contribution is 0.703. The second-order valence-electron chi connectivity index (χ2n) is 2.26. The van der Waals surface area contributed by atoms with Gasteiger partial charge in [0.2, 0.25) is 0 Å². The zero-order chi connectivity index (χ0) is 8.15. The van der Waals surface area contributed by atoms with Crippen LogP contribution in [-0.4, -0.2) is 13.1 Å². The van der Waals surface area contributed by atoms with E-state index in [1.807, 2.05) is 20.0 Å². The van der Waals surface area contributed by atoms with Gasteiger partial charge in [0.1, 0.15) is 0 Å². The minimum Gasteiger partial charge on any atom is -0.313 e. The minimum atomic E-state index is 0.343. The van der Waals surface area contributed by atoms with Gasteiger partial charge >= 0.3 is 0 Å². The van der Waals surface area contributed by atoms with E-state index >= 15 is 0 Å². The van der Waals surface area contributed by atoms with Gasteiger partial charge in [0.05, 0.1) is 0 Å². The molecule has 0 saturated heterocycles. The van der Waals surface area contributed by atoms with Gasteiger partial charge in [-0.3, -0.25) is 0 Å². The SMILES string of the molecule is C=C/C(=C(/C)S)C(C)NC. The summed E-state index contributed by atoms with van der Waals surface area (Å²) in [6.45, 7) is 7.75. The van der Waals surface area contributed by atoms with Gasteiger partial charge in [0, 0.05) is 6.04 Å². The van der Waals surface area contributed by atoms with E-state index in [4.69, 9.17) is 0 Å². The molecule has 0 fully saturated rings. The molecule has 0 aromatic carbocycles. The fourth-order valence-electron chi connectivity index (χ4n) is 0.793. The Balaban J connectivity index is 4.36. The summed E-state index contributed by atoms with van der Waals surface area (Å²) >= 11 is 4.23. The van der Waals surface area contributed by atoms with Crippen molar-refractivity contribution in [3.63, 3.8) is 0 Å². The normalized spacial score (nSPS) is 16.0. The molecule has 0 bridgehead atoms. The van der Waals surface area contributed by atoms with Crippen LogP contribution >= 0.6 is 12.6 Å². The summed E-state index contributed by atoms with van der Waals surface area (Å²) in [6, 6.07) is 0.343. The average Bonchev–Trinajstić information content (AvgIpc) is 1.88. The molecular weight excluding hydrogens is 142 g/mol. The first-order valence-electron chi connectivity index (χ1n) is 3.33. The molecular formula is C8H15NS. The third-order valence-corrected chi connectivity index (χ3v) is 1.80. The van der Waals surface area contributed by atoms with E-state index in [1.54, 1.807) is 0 Å². The van der Waals surface area contributed by atoms with E-state index in [-0.39, 0.29) is 0 Å². The predicted molar refractivity (Wildman–Crippen MR) is 50.4 cm³/mol. The number of allylic oxidation sites excluding steroid dienone is 1. The quantitative estimate of drug-likeness (QED) is 0.471. The molecule has 0 aromatic rings. The molecule has 0 aliphatic heterocycles. The Morgan fingerprint density at radius 3 is 2.30 bits per heavy atom. The van der Waals surface area contributed by atoms with E-state index in [0.717, 1.165) is 10.5 Å². The first-order valence-corrected chi connectivity index (χ1v) is 3.77. The largest absolute Gasteiger partial charge is 0.313 e. The highest BCUT2D eigenvalue weighted by Gasteiger charge is 2.02. The molecule has 0 rings (SSSR count). The zero-order valence-corrected chi connectivity index (χ0v) is 7.70. The molecule has 0 radical (unpaired) electrons.